The average Bonchev–Trinajstić information content (AvgIpc) is 3.24. The van der Waals surface area contributed by atoms with Crippen LogP contribution in [0.5, 0.6) is 5.75 Å². The van der Waals surface area contributed by atoms with Crippen molar-refractivity contribution in [2.24, 2.45) is 0 Å². The Bertz CT molecular complexity index is 1290. The molecule has 4 rings (SSSR count). The van der Waals surface area contributed by atoms with Crippen molar-refractivity contribution in [2.75, 3.05) is 13.2 Å². The number of aromatic nitrogens is 2. The minimum absolute atomic E-state index is 0.0866. The minimum atomic E-state index is -0.496. The molecular weight excluding hydrogens is 477 g/mol. The number of carbonyl (C=O) groups excluding carboxylic acids is 1. The van der Waals surface area contributed by atoms with E-state index in [1.165, 1.54) is 12.1 Å². The van der Waals surface area contributed by atoms with Crippen LogP contribution in [0, 0.1) is 5.82 Å². The van der Waals surface area contributed by atoms with Crippen LogP contribution in [-0.4, -0.2) is 28.6 Å². The van der Waals surface area contributed by atoms with E-state index >= 15 is 0 Å². The van der Waals surface area contributed by atoms with Gasteiger partial charge in [0.1, 0.15) is 17.4 Å². The smallest absolute Gasteiger partial charge is 0.254 e. The fourth-order valence-corrected chi connectivity index (χ4v) is 4.40. The van der Waals surface area contributed by atoms with Crippen molar-refractivity contribution in [3.8, 4) is 5.75 Å². The lowest BCUT2D eigenvalue weighted by Crippen LogP contribution is -2.25. The fraction of sp³-hybridized carbons (Fsp3) is 0.310. The highest BCUT2D eigenvalue weighted by Gasteiger charge is 2.11. The monoisotopic (exact) mass is 507 g/mol. The predicted octanol–water partition coefficient (Wildman–Crippen LogP) is 6.83. The first kappa shape index (κ1) is 25.7. The van der Waals surface area contributed by atoms with Crippen LogP contribution in [0.15, 0.2) is 72.8 Å². The van der Waals surface area contributed by atoms with Gasteiger partial charge in [-0.3, -0.25) is 4.79 Å². The highest BCUT2D eigenvalue weighted by atomic mass is 35.5. The zero-order valence-electron chi connectivity index (χ0n) is 20.3. The largest absolute Gasteiger partial charge is 0.492 e. The van der Waals surface area contributed by atoms with Gasteiger partial charge in [-0.25, -0.2) is 9.37 Å². The fourth-order valence-electron chi connectivity index (χ4n) is 4.21. The summed E-state index contributed by atoms with van der Waals surface area (Å²) in [4.78, 5) is 17.0. The zero-order chi connectivity index (χ0) is 25.2. The van der Waals surface area contributed by atoms with Gasteiger partial charge in [0.15, 0.2) is 0 Å². The van der Waals surface area contributed by atoms with Crippen LogP contribution >= 0.6 is 11.6 Å². The molecule has 1 N–H and O–H groups in total. The van der Waals surface area contributed by atoms with Gasteiger partial charge in [-0.05, 0) is 62.1 Å². The summed E-state index contributed by atoms with van der Waals surface area (Å²) in [6, 6.07) is 21.8. The standard InChI is InChI=1S/C29H31ClFN3O2/c30-23-13-4-8-17-27(23)36-21-11-10-20-34-26-16-7-6-15-25(26)33-28(34)18-2-1-9-19-32-29(35)22-12-3-5-14-24(22)31/h3-8,12-17H,1-2,9-11,18-21H2,(H,32,35). The van der Waals surface area contributed by atoms with Gasteiger partial charge in [0.05, 0.1) is 28.2 Å². The first-order valence-electron chi connectivity index (χ1n) is 12.5. The maximum absolute atomic E-state index is 13.7. The number of imidazole rings is 1. The van der Waals surface area contributed by atoms with E-state index in [0.29, 0.717) is 18.2 Å². The number of nitrogens with zero attached hydrogens (tertiary/aromatic N) is 2. The Morgan fingerprint density at radius 1 is 0.917 bits per heavy atom. The third-order valence-corrected chi connectivity index (χ3v) is 6.40. The number of nitrogens with one attached hydrogen (secondary N) is 1. The summed E-state index contributed by atoms with van der Waals surface area (Å²) in [5, 5.41) is 3.44. The second-order valence-corrected chi connectivity index (χ2v) is 9.11. The van der Waals surface area contributed by atoms with Gasteiger partial charge in [-0.1, -0.05) is 54.4 Å². The van der Waals surface area contributed by atoms with Gasteiger partial charge in [0.25, 0.3) is 5.91 Å². The molecule has 0 atom stereocenters. The number of fused-ring (bicyclic) bond motifs is 1. The Morgan fingerprint density at radius 3 is 2.56 bits per heavy atom. The number of carbonyl (C=O) groups is 1. The molecular formula is C29H31ClFN3O2. The molecule has 1 amide bonds. The summed E-state index contributed by atoms with van der Waals surface area (Å²) in [6.07, 6.45) is 5.51. The molecule has 7 heteroatoms. The Hall–Kier alpha value is -3.38. The van der Waals surface area contributed by atoms with E-state index in [1.807, 2.05) is 42.5 Å². The van der Waals surface area contributed by atoms with E-state index in [0.717, 1.165) is 67.7 Å². The Kier molecular flexibility index (Phi) is 9.33. The van der Waals surface area contributed by atoms with E-state index in [2.05, 4.69) is 16.0 Å². The number of rotatable bonds is 13. The van der Waals surface area contributed by atoms with Gasteiger partial charge < -0.3 is 14.6 Å². The minimum Gasteiger partial charge on any atom is -0.492 e. The molecule has 0 spiro atoms. The van der Waals surface area contributed by atoms with Gasteiger partial charge in [-0.2, -0.15) is 0 Å². The molecule has 1 heterocycles. The molecule has 0 aliphatic heterocycles. The number of benzene rings is 3. The Balaban J connectivity index is 1.23. The number of amides is 1. The summed E-state index contributed by atoms with van der Waals surface area (Å²) in [5.74, 6) is 0.939. The molecule has 0 aliphatic rings. The van der Waals surface area contributed by atoms with E-state index < -0.39 is 5.82 Å². The molecule has 188 valence electrons. The lowest BCUT2D eigenvalue weighted by Gasteiger charge is -2.11. The van der Waals surface area contributed by atoms with Gasteiger partial charge in [-0.15, -0.1) is 0 Å². The second-order valence-electron chi connectivity index (χ2n) is 8.70. The van der Waals surface area contributed by atoms with E-state index in [-0.39, 0.29) is 11.5 Å². The van der Waals surface area contributed by atoms with Crippen molar-refractivity contribution in [2.45, 2.75) is 45.1 Å². The van der Waals surface area contributed by atoms with Crippen molar-refractivity contribution < 1.29 is 13.9 Å². The average molecular weight is 508 g/mol. The van der Waals surface area contributed by atoms with Crippen LogP contribution in [-0.2, 0) is 13.0 Å². The lowest BCUT2D eigenvalue weighted by atomic mass is 10.1. The molecule has 0 unspecified atom stereocenters. The molecule has 36 heavy (non-hydrogen) atoms. The van der Waals surface area contributed by atoms with Crippen molar-refractivity contribution in [1.82, 2.24) is 14.9 Å². The number of aryl methyl sites for hydroxylation is 2. The molecule has 3 aromatic carbocycles. The molecule has 0 aliphatic carbocycles. The molecule has 0 fully saturated rings. The summed E-state index contributed by atoms with van der Waals surface area (Å²) < 4.78 is 21.9. The summed E-state index contributed by atoms with van der Waals surface area (Å²) in [7, 11) is 0. The van der Waals surface area contributed by atoms with E-state index in [9.17, 15) is 9.18 Å². The van der Waals surface area contributed by atoms with Crippen LogP contribution in [0.4, 0.5) is 4.39 Å². The van der Waals surface area contributed by atoms with E-state index in [1.54, 1.807) is 12.1 Å². The van der Waals surface area contributed by atoms with Crippen LogP contribution in [0.2, 0.25) is 5.02 Å². The molecule has 0 saturated carbocycles. The third-order valence-electron chi connectivity index (χ3n) is 6.09. The van der Waals surface area contributed by atoms with Crippen molar-refractivity contribution >= 4 is 28.5 Å². The van der Waals surface area contributed by atoms with Crippen LogP contribution < -0.4 is 10.1 Å². The van der Waals surface area contributed by atoms with Crippen molar-refractivity contribution in [1.29, 1.82) is 0 Å². The number of hydrogen-bond donors (Lipinski definition) is 1. The normalized spacial score (nSPS) is 11.1. The summed E-state index contributed by atoms with van der Waals surface area (Å²) in [5.41, 5.74) is 2.25. The number of unbranched alkanes of at least 4 members (excludes halogenated alkanes) is 3. The molecule has 0 saturated heterocycles. The number of hydrogen-bond acceptors (Lipinski definition) is 3. The third kappa shape index (κ3) is 6.85. The van der Waals surface area contributed by atoms with E-state index in [4.69, 9.17) is 21.3 Å². The van der Waals surface area contributed by atoms with Gasteiger partial charge >= 0.3 is 0 Å². The topological polar surface area (TPSA) is 56.2 Å². The number of ether oxygens (including phenoxy) is 1. The first-order valence-corrected chi connectivity index (χ1v) is 12.9. The molecule has 4 aromatic rings. The molecule has 0 radical (unpaired) electrons. The second kappa shape index (κ2) is 13.1. The SMILES string of the molecule is O=C(NCCCCCc1nc2ccccc2n1CCCCOc1ccccc1Cl)c1ccccc1F. The Labute approximate surface area is 216 Å². The lowest BCUT2D eigenvalue weighted by molar-refractivity contribution is 0.0949. The molecule has 1 aromatic heterocycles. The number of para-hydroxylation sites is 3. The van der Waals surface area contributed by atoms with Crippen LogP contribution in [0.25, 0.3) is 11.0 Å². The highest BCUT2D eigenvalue weighted by Crippen LogP contribution is 2.23. The quantitative estimate of drug-likeness (QED) is 0.202. The molecule has 5 nitrogen and oxygen atoms in total. The van der Waals surface area contributed by atoms with Crippen molar-refractivity contribution in [3.63, 3.8) is 0 Å². The van der Waals surface area contributed by atoms with Crippen molar-refractivity contribution in [3.05, 3.63) is 95.0 Å². The van der Waals surface area contributed by atoms with Crippen LogP contribution in [0.3, 0.4) is 0 Å². The van der Waals surface area contributed by atoms with Crippen LogP contribution in [0.1, 0.15) is 48.3 Å². The maximum Gasteiger partial charge on any atom is 0.254 e. The first-order chi connectivity index (χ1) is 17.6. The zero-order valence-corrected chi connectivity index (χ0v) is 21.0. The maximum atomic E-state index is 13.7. The number of halogens is 2. The summed E-state index contributed by atoms with van der Waals surface area (Å²) >= 11 is 6.16. The summed E-state index contributed by atoms with van der Waals surface area (Å²) in [6.45, 7) is 2.01. The highest BCUT2D eigenvalue weighted by molar-refractivity contribution is 6.32. The molecule has 0 bridgehead atoms. The Morgan fingerprint density at radius 2 is 1.69 bits per heavy atom. The van der Waals surface area contributed by atoms with Gasteiger partial charge in [0, 0.05) is 19.5 Å². The predicted molar refractivity (Wildman–Crippen MR) is 142 cm³/mol. The van der Waals surface area contributed by atoms with Gasteiger partial charge in [0.2, 0.25) is 0 Å².